The summed E-state index contributed by atoms with van der Waals surface area (Å²) in [4.78, 5) is 52.7. The van der Waals surface area contributed by atoms with Crippen LogP contribution in [0, 0.1) is 5.41 Å². The molecule has 4 amide bonds. The van der Waals surface area contributed by atoms with Crippen LogP contribution in [0.25, 0.3) is 0 Å². The molecule has 0 aromatic carbocycles. The van der Waals surface area contributed by atoms with Gasteiger partial charge in [-0.05, 0) is 18.3 Å². The summed E-state index contributed by atoms with van der Waals surface area (Å²) in [5.41, 5.74) is -0.488. The molecule has 0 aromatic rings. The molecule has 3 rings (SSSR count). The maximum Gasteiger partial charge on any atom is 0.327 e. The number of imide groups is 1. The summed E-state index contributed by atoms with van der Waals surface area (Å²) in [6.07, 6.45) is 3.49. The van der Waals surface area contributed by atoms with Crippen molar-refractivity contribution in [3.63, 3.8) is 0 Å². The highest BCUT2D eigenvalue weighted by atomic mass is 16.4. The van der Waals surface area contributed by atoms with Crippen LogP contribution >= 0.6 is 0 Å². The fraction of sp³-hybridized carbons (Fsp3) is 0.765. The van der Waals surface area contributed by atoms with Crippen molar-refractivity contribution < 1.29 is 29.4 Å². The number of rotatable bonds is 6. The lowest BCUT2D eigenvalue weighted by Gasteiger charge is -2.37. The third kappa shape index (κ3) is 3.40. The fourth-order valence-corrected chi connectivity index (χ4v) is 4.48. The number of β-amino-alcohol motifs (C(OH)–C–C–N with tert-alkyl or cyclic N) is 1. The molecule has 1 saturated carbocycles. The average molecular weight is 367 g/mol. The second-order valence-corrected chi connectivity index (χ2v) is 7.50. The molecule has 0 radical (unpaired) electrons. The van der Waals surface area contributed by atoms with Gasteiger partial charge in [0.25, 0.3) is 5.91 Å². The molecule has 0 spiro atoms. The zero-order chi connectivity index (χ0) is 18.9. The van der Waals surface area contributed by atoms with Crippen LogP contribution in [0.1, 0.15) is 38.5 Å². The van der Waals surface area contributed by atoms with Crippen molar-refractivity contribution in [3.05, 3.63) is 0 Å². The first-order valence-corrected chi connectivity index (χ1v) is 9.09. The van der Waals surface area contributed by atoms with Gasteiger partial charge in [0.15, 0.2) is 0 Å². The Morgan fingerprint density at radius 2 is 1.81 bits per heavy atom. The highest BCUT2D eigenvalue weighted by molar-refractivity contribution is 6.04. The first-order valence-electron chi connectivity index (χ1n) is 9.09. The van der Waals surface area contributed by atoms with Crippen molar-refractivity contribution in [2.75, 3.05) is 32.8 Å². The molecular formula is C17H25N3O6. The van der Waals surface area contributed by atoms with E-state index in [-0.39, 0.29) is 50.9 Å². The van der Waals surface area contributed by atoms with Crippen LogP contribution in [-0.2, 0) is 14.4 Å². The number of nitrogens with zero attached hydrogens (tertiary/aromatic N) is 3. The third-order valence-corrected chi connectivity index (χ3v) is 5.80. The van der Waals surface area contributed by atoms with Crippen molar-refractivity contribution in [1.29, 1.82) is 0 Å². The van der Waals surface area contributed by atoms with Crippen LogP contribution in [0.15, 0.2) is 0 Å². The van der Waals surface area contributed by atoms with Crippen molar-refractivity contribution >= 4 is 23.8 Å². The summed E-state index contributed by atoms with van der Waals surface area (Å²) in [6.45, 7) is 0.409. The Kier molecular flexibility index (Phi) is 5.17. The fourth-order valence-electron chi connectivity index (χ4n) is 4.48. The summed E-state index contributed by atoms with van der Waals surface area (Å²) in [7, 11) is 0. The van der Waals surface area contributed by atoms with E-state index in [1.165, 1.54) is 4.90 Å². The minimum absolute atomic E-state index is 0.0101. The van der Waals surface area contributed by atoms with E-state index in [2.05, 4.69) is 0 Å². The van der Waals surface area contributed by atoms with Crippen molar-refractivity contribution in [2.45, 2.75) is 44.6 Å². The highest BCUT2D eigenvalue weighted by Crippen LogP contribution is 2.44. The van der Waals surface area contributed by atoms with E-state index in [1.807, 2.05) is 0 Å². The molecular weight excluding hydrogens is 342 g/mol. The Morgan fingerprint density at radius 3 is 2.42 bits per heavy atom. The van der Waals surface area contributed by atoms with Gasteiger partial charge in [-0.2, -0.15) is 0 Å². The maximum absolute atomic E-state index is 12.8. The second kappa shape index (κ2) is 7.22. The summed E-state index contributed by atoms with van der Waals surface area (Å²) < 4.78 is 0. The first-order chi connectivity index (χ1) is 12.4. The van der Waals surface area contributed by atoms with E-state index in [0.29, 0.717) is 6.54 Å². The predicted octanol–water partition coefficient (Wildman–Crippen LogP) is -0.121. The zero-order valence-electron chi connectivity index (χ0n) is 14.7. The molecule has 144 valence electrons. The van der Waals surface area contributed by atoms with Crippen LogP contribution in [0.5, 0.6) is 0 Å². The molecule has 0 bridgehead atoms. The number of piperazine rings is 1. The van der Waals surface area contributed by atoms with E-state index in [0.717, 1.165) is 30.6 Å². The van der Waals surface area contributed by atoms with Crippen molar-refractivity contribution in [1.82, 2.24) is 14.7 Å². The first kappa shape index (κ1) is 18.6. The van der Waals surface area contributed by atoms with Gasteiger partial charge in [-0.1, -0.05) is 12.8 Å². The van der Waals surface area contributed by atoms with Gasteiger partial charge in [-0.15, -0.1) is 0 Å². The van der Waals surface area contributed by atoms with Gasteiger partial charge in [0.2, 0.25) is 5.91 Å². The Bertz CT molecular complexity index is 616. The monoisotopic (exact) mass is 367 g/mol. The van der Waals surface area contributed by atoms with Gasteiger partial charge in [0.05, 0.1) is 26.1 Å². The second-order valence-electron chi connectivity index (χ2n) is 7.50. The molecule has 3 fully saturated rings. The van der Waals surface area contributed by atoms with Crippen LogP contribution in [0.4, 0.5) is 4.79 Å². The lowest BCUT2D eigenvalue weighted by atomic mass is 9.79. The van der Waals surface area contributed by atoms with Gasteiger partial charge < -0.3 is 20.0 Å². The Hall–Kier alpha value is -2.16. The lowest BCUT2D eigenvalue weighted by molar-refractivity contribution is -0.142. The molecule has 3 aliphatic rings. The van der Waals surface area contributed by atoms with Gasteiger partial charge in [-0.25, -0.2) is 4.79 Å². The largest absolute Gasteiger partial charge is 0.481 e. The SMILES string of the molecule is O=C(O)CC1(CC(=O)N2CCN3C(=O)N(CCO)C(=O)C3C2)CCCC1. The maximum atomic E-state index is 12.8. The average Bonchev–Trinajstić information content (AvgIpc) is 3.13. The van der Waals surface area contributed by atoms with E-state index in [9.17, 15) is 24.3 Å². The number of carbonyl (C=O) groups excluding carboxylic acids is 3. The molecule has 2 N–H and O–H groups in total. The molecule has 9 heteroatoms. The number of carboxylic acids is 1. The Balaban J connectivity index is 1.66. The smallest absolute Gasteiger partial charge is 0.327 e. The van der Waals surface area contributed by atoms with Crippen LogP contribution in [0.3, 0.4) is 0 Å². The number of aliphatic hydroxyl groups excluding tert-OH is 1. The normalized spacial score (nSPS) is 25.0. The zero-order valence-corrected chi connectivity index (χ0v) is 14.7. The molecule has 2 aliphatic heterocycles. The predicted molar refractivity (Wildman–Crippen MR) is 89.0 cm³/mol. The molecule has 1 atom stereocenters. The quantitative estimate of drug-likeness (QED) is 0.632. The van der Waals surface area contributed by atoms with Gasteiger partial charge in [0.1, 0.15) is 6.04 Å². The molecule has 1 unspecified atom stereocenters. The number of hydrogen-bond donors (Lipinski definition) is 2. The van der Waals surface area contributed by atoms with E-state index in [1.54, 1.807) is 4.90 Å². The van der Waals surface area contributed by atoms with Gasteiger partial charge in [-0.3, -0.25) is 19.3 Å². The number of hydrogen-bond acceptors (Lipinski definition) is 5. The summed E-state index contributed by atoms with van der Waals surface area (Å²) in [5.74, 6) is -1.42. The Morgan fingerprint density at radius 1 is 1.12 bits per heavy atom. The van der Waals surface area contributed by atoms with Crippen LogP contribution in [-0.4, -0.2) is 87.6 Å². The molecule has 2 saturated heterocycles. The van der Waals surface area contributed by atoms with Gasteiger partial charge >= 0.3 is 12.0 Å². The van der Waals surface area contributed by atoms with E-state index >= 15 is 0 Å². The molecule has 0 aromatic heterocycles. The number of amides is 4. The highest BCUT2D eigenvalue weighted by Gasteiger charge is 2.48. The summed E-state index contributed by atoms with van der Waals surface area (Å²) >= 11 is 0. The number of fused-ring (bicyclic) bond motifs is 1. The Labute approximate surface area is 151 Å². The number of urea groups is 1. The number of aliphatic hydroxyl groups is 1. The third-order valence-electron chi connectivity index (χ3n) is 5.80. The van der Waals surface area contributed by atoms with Crippen LogP contribution < -0.4 is 0 Å². The van der Waals surface area contributed by atoms with E-state index < -0.39 is 23.5 Å². The van der Waals surface area contributed by atoms with Crippen LogP contribution in [0.2, 0.25) is 0 Å². The molecule has 1 aliphatic carbocycles. The minimum Gasteiger partial charge on any atom is -0.481 e. The molecule has 9 nitrogen and oxygen atoms in total. The summed E-state index contributed by atoms with van der Waals surface area (Å²) in [6, 6.07) is -1.12. The number of carbonyl (C=O) groups is 4. The van der Waals surface area contributed by atoms with Crippen molar-refractivity contribution in [2.24, 2.45) is 5.41 Å². The van der Waals surface area contributed by atoms with Crippen molar-refractivity contribution in [3.8, 4) is 0 Å². The molecule has 26 heavy (non-hydrogen) atoms. The number of aliphatic carboxylic acids is 1. The lowest BCUT2D eigenvalue weighted by Crippen LogP contribution is -2.55. The van der Waals surface area contributed by atoms with Gasteiger partial charge in [0, 0.05) is 19.5 Å². The minimum atomic E-state index is -0.888. The van der Waals surface area contributed by atoms with E-state index in [4.69, 9.17) is 5.11 Å². The summed E-state index contributed by atoms with van der Waals surface area (Å²) in [5, 5.41) is 18.2. The topological polar surface area (TPSA) is 118 Å². The standard InChI is InChI=1S/C17H25N3O6/c21-8-7-20-15(25)12-11-18(5-6-19(12)16(20)26)13(22)9-17(10-14(23)24)3-1-2-4-17/h12,21H,1-11H2,(H,23,24). The molecule has 2 heterocycles. The number of carboxylic acid groups (broad SMARTS) is 1.